The molecular formula is C24H31N3O5S2. The molecule has 0 saturated carbocycles. The average molecular weight is 506 g/mol. The Morgan fingerprint density at radius 3 is 2.44 bits per heavy atom. The van der Waals surface area contributed by atoms with Crippen LogP contribution in [0.3, 0.4) is 0 Å². The summed E-state index contributed by atoms with van der Waals surface area (Å²) in [4.78, 5) is 27.3. The Hall–Kier alpha value is -2.43. The van der Waals surface area contributed by atoms with E-state index in [4.69, 9.17) is 4.74 Å². The van der Waals surface area contributed by atoms with Crippen LogP contribution in [0.4, 0.5) is 5.69 Å². The van der Waals surface area contributed by atoms with Crippen LogP contribution < -0.4 is 10.1 Å². The third kappa shape index (κ3) is 5.45. The Morgan fingerprint density at radius 1 is 1.06 bits per heavy atom. The van der Waals surface area contributed by atoms with Crippen LogP contribution in [0.25, 0.3) is 0 Å². The minimum atomic E-state index is -3.70. The number of nitrogens with zero attached hydrogens (tertiary/aromatic N) is 2. The number of likely N-dealkylation sites (tertiary alicyclic amines) is 1. The van der Waals surface area contributed by atoms with Crippen LogP contribution in [0.1, 0.15) is 43.0 Å². The lowest BCUT2D eigenvalue weighted by molar-refractivity contribution is -0.120. The second kappa shape index (κ2) is 10.5. The number of hydrogen-bond acceptors (Lipinski definition) is 6. The molecular weight excluding hydrogens is 474 g/mol. The first kappa shape index (κ1) is 24.7. The van der Waals surface area contributed by atoms with E-state index in [-0.39, 0.29) is 35.0 Å². The number of sulfonamides is 1. The van der Waals surface area contributed by atoms with Crippen LogP contribution in [-0.4, -0.2) is 62.7 Å². The van der Waals surface area contributed by atoms with E-state index in [2.05, 4.69) is 12.2 Å². The summed E-state index contributed by atoms with van der Waals surface area (Å²) in [5.74, 6) is 0.785. The van der Waals surface area contributed by atoms with Crippen LogP contribution in [0, 0.1) is 11.8 Å². The van der Waals surface area contributed by atoms with Crippen molar-refractivity contribution >= 4 is 38.9 Å². The highest BCUT2D eigenvalue weighted by Gasteiger charge is 2.34. The Kier molecular flexibility index (Phi) is 7.59. The Morgan fingerprint density at radius 2 is 1.76 bits per heavy atom. The zero-order valence-corrected chi connectivity index (χ0v) is 21.2. The third-order valence-electron chi connectivity index (χ3n) is 6.65. The van der Waals surface area contributed by atoms with Gasteiger partial charge in [0.05, 0.1) is 12.7 Å². The quantitative estimate of drug-likeness (QED) is 0.646. The van der Waals surface area contributed by atoms with Crippen LogP contribution in [0.5, 0.6) is 5.75 Å². The van der Waals surface area contributed by atoms with E-state index in [0.29, 0.717) is 48.8 Å². The molecule has 1 aromatic heterocycles. The number of hydrogen-bond donors (Lipinski definition) is 1. The average Bonchev–Trinajstić information content (AvgIpc) is 3.35. The Bertz CT molecular complexity index is 1130. The van der Waals surface area contributed by atoms with Gasteiger partial charge in [0.15, 0.2) is 0 Å². The number of rotatable bonds is 6. The lowest BCUT2D eigenvalue weighted by Crippen LogP contribution is -2.41. The number of amides is 2. The maximum Gasteiger partial charge on any atom is 0.254 e. The molecule has 2 fully saturated rings. The molecule has 0 spiro atoms. The second-order valence-electron chi connectivity index (χ2n) is 9.03. The van der Waals surface area contributed by atoms with E-state index >= 15 is 0 Å². The van der Waals surface area contributed by atoms with E-state index in [9.17, 15) is 18.0 Å². The lowest BCUT2D eigenvalue weighted by atomic mass is 9.97. The van der Waals surface area contributed by atoms with E-state index < -0.39 is 10.0 Å². The van der Waals surface area contributed by atoms with E-state index in [1.54, 1.807) is 36.8 Å². The largest absolute Gasteiger partial charge is 0.497 e. The molecule has 2 aliphatic heterocycles. The van der Waals surface area contributed by atoms with Crippen molar-refractivity contribution in [2.75, 3.05) is 38.6 Å². The van der Waals surface area contributed by atoms with E-state index in [0.717, 1.165) is 24.2 Å². The van der Waals surface area contributed by atoms with Crippen molar-refractivity contribution in [3.63, 3.8) is 0 Å². The summed E-state index contributed by atoms with van der Waals surface area (Å²) in [6, 6.07) is 8.64. The summed E-state index contributed by atoms with van der Waals surface area (Å²) in [5.41, 5.74) is 1.09. The highest BCUT2D eigenvalue weighted by atomic mass is 32.2. The fourth-order valence-electron chi connectivity index (χ4n) is 4.39. The monoisotopic (exact) mass is 505 g/mol. The number of ether oxygens (including phenoxy) is 1. The molecule has 2 amide bonds. The molecule has 1 N–H and O–H groups in total. The zero-order valence-electron chi connectivity index (χ0n) is 19.5. The van der Waals surface area contributed by atoms with Gasteiger partial charge in [-0.05, 0) is 49.8 Å². The summed E-state index contributed by atoms with van der Waals surface area (Å²) in [6.45, 7) is 4.14. The molecule has 4 rings (SSSR count). The first-order chi connectivity index (χ1) is 16.3. The van der Waals surface area contributed by atoms with Gasteiger partial charge in [-0.1, -0.05) is 13.0 Å². The molecule has 10 heteroatoms. The summed E-state index contributed by atoms with van der Waals surface area (Å²) >= 11 is 1.09. The molecule has 0 radical (unpaired) electrons. The first-order valence-electron chi connectivity index (χ1n) is 11.6. The first-order valence-corrected chi connectivity index (χ1v) is 13.9. The topological polar surface area (TPSA) is 96.0 Å². The standard InChI is InChI=1S/C24H31N3O5S2/c1-17-6-10-26(11-7-17)24(29)19-14-22(33-16-19)34(30,31)27-12-8-18(9-13-27)23(28)25-20-4-3-5-21(15-20)32-2/h3-5,14-18H,6-13H2,1-2H3,(H,25,28). The molecule has 184 valence electrons. The van der Waals surface area contributed by atoms with Crippen LogP contribution in [0.15, 0.2) is 39.9 Å². The van der Waals surface area contributed by atoms with Gasteiger partial charge in [0.25, 0.3) is 15.9 Å². The van der Waals surface area contributed by atoms with Crippen LogP contribution >= 0.6 is 11.3 Å². The van der Waals surface area contributed by atoms with Gasteiger partial charge in [0, 0.05) is 49.2 Å². The maximum absolute atomic E-state index is 13.2. The van der Waals surface area contributed by atoms with Gasteiger partial charge in [-0.2, -0.15) is 4.31 Å². The Balaban J connectivity index is 1.34. The summed E-state index contributed by atoms with van der Waals surface area (Å²) < 4.78 is 33.1. The van der Waals surface area contributed by atoms with Gasteiger partial charge >= 0.3 is 0 Å². The van der Waals surface area contributed by atoms with Gasteiger partial charge in [-0.3, -0.25) is 9.59 Å². The fourth-order valence-corrected chi connectivity index (χ4v) is 7.16. The van der Waals surface area contributed by atoms with Crippen LogP contribution in [0.2, 0.25) is 0 Å². The van der Waals surface area contributed by atoms with Crippen LogP contribution in [-0.2, 0) is 14.8 Å². The summed E-state index contributed by atoms with van der Waals surface area (Å²) in [7, 11) is -2.13. The molecule has 3 heterocycles. The smallest absolute Gasteiger partial charge is 0.254 e. The number of piperidine rings is 2. The predicted octanol–water partition coefficient (Wildman–Crippen LogP) is 3.67. The van der Waals surface area contributed by atoms with Crippen molar-refractivity contribution in [1.29, 1.82) is 0 Å². The Labute approximate surface area is 204 Å². The molecule has 0 bridgehead atoms. The van der Waals surface area contributed by atoms with Crippen molar-refractivity contribution in [3.05, 3.63) is 41.3 Å². The number of benzene rings is 1. The van der Waals surface area contributed by atoms with Crippen molar-refractivity contribution < 1.29 is 22.7 Å². The van der Waals surface area contributed by atoms with Gasteiger partial charge in [0.1, 0.15) is 9.96 Å². The van der Waals surface area contributed by atoms with Crippen molar-refractivity contribution in [3.8, 4) is 5.75 Å². The number of thiophene rings is 1. The minimum Gasteiger partial charge on any atom is -0.497 e. The van der Waals surface area contributed by atoms with Gasteiger partial charge in [-0.25, -0.2) is 8.42 Å². The number of methoxy groups -OCH3 is 1. The zero-order chi connectivity index (χ0) is 24.3. The molecule has 2 saturated heterocycles. The van der Waals surface area contributed by atoms with Crippen molar-refractivity contribution in [1.82, 2.24) is 9.21 Å². The third-order valence-corrected chi connectivity index (χ3v) is 9.96. The number of carbonyl (C=O) groups excluding carboxylic acids is 2. The molecule has 8 nitrogen and oxygen atoms in total. The molecule has 0 atom stereocenters. The van der Waals surface area contributed by atoms with Crippen molar-refractivity contribution in [2.45, 2.75) is 36.8 Å². The van der Waals surface area contributed by atoms with Gasteiger partial charge < -0.3 is 15.0 Å². The molecule has 0 aliphatic carbocycles. The number of carbonyl (C=O) groups is 2. The lowest BCUT2D eigenvalue weighted by Gasteiger charge is -2.30. The SMILES string of the molecule is COc1cccc(NC(=O)C2CCN(S(=O)(=O)c3cc(C(=O)N4CCC(C)CC4)cs3)CC2)c1. The summed E-state index contributed by atoms with van der Waals surface area (Å²) in [6.07, 6.45) is 2.83. The molecule has 34 heavy (non-hydrogen) atoms. The molecule has 2 aromatic rings. The maximum atomic E-state index is 13.2. The second-order valence-corrected chi connectivity index (χ2v) is 12.1. The van der Waals surface area contributed by atoms with Crippen molar-refractivity contribution in [2.24, 2.45) is 11.8 Å². The van der Waals surface area contributed by atoms with E-state index in [1.165, 1.54) is 10.4 Å². The number of nitrogens with one attached hydrogen (secondary N) is 1. The molecule has 1 aromatic carbocycles. The van der Waals surface area contributed by atoms with E-state index in [1.807, 2.05) is 4.90 Å². The van der Waals surface area contributed by atoms with Gasteiger partial charge in [0.2, 0.25) is 5.91 Å². The molecule has 2 aliphatic rings. The van der Waals surface area contributed by atoms with Gasteiger partial charge in [-0.15, -0.1) is 11.3 Å². The normalized spacial score (nSPS) is 18.6. The number of anilines is 1. The highest BCUT2D eigenvalue weighted by Crippen LogP contribution is 2.30. The predicted molar refractivity (Wildman–Crippen MR) is 132 cm³/mol. The highest BCUT2D eigenvalue weighted by molar-refractivity contribution is 7.91. The molecule has 0 unspecified atom stereocenters. The fraction of sp³-hybridized carbons (Fsp3) is 0.500. The summed E-state index contributed by atoms with van der Waals surface area (Å²) in [5, 5.41) is 4.53. The minimum absolute atomic E-state index is 0.0995.